The van der Waals surface area contributed by atoms with E-state index in [1.54, 1.807) is 0 Å². The van der Waals surface area contributed by atoms with Gasteiger partial charge in [-0.15, -0.1) is 0 Å². The molecule has 1 aliphatic rings. The first-order chi connectivity index (χ1) is 8.49. The number of thiocarbonyl (C=S) groups is 1. The zero-order valence-electron chi connectivity index (χ0n) is 10.7. The number of hydrogen-bond acceptors (Lipinski definition) is 2. The Balaban J connectivity index is 1.87. The second kappa shape index (κ2) is 5.33. The number of rotatable bonds is 6. The summed E-state index contributed by atoms with van der Waals surface area (Å²) in [6.45, 7) is 1.83. The van der Waals surface area contributed by atoms with Gasteiger partial charge in [-0.1, -0.05) is 24.4 Å². The van der Waals surface area contributed by atoms with E-state index in [2.05, 4.69) is 11.9 Å². The first-order valence-electron chi connectivity index (χ1n) is 6.20. The molecular formula is C14H19FN2S. The Kier molecular flexibility index (Phi) is 3.97. The van der Waals surface area contributed by atoms with Gasteiger partial charge in [-0.2, -0.15) is 0 Å². The summed E-state index contributed by atoms with van der Waals surface area (Å²) in [5.74, 6) is -0.187. The Morgan fingerprint density at radius 2 is 2.00 bits per heavy atom. The summed E-state index contributed by atoms with van der Waals surface area (Å²) in [6.07, 6.45) is 3.26. The highest BCUT2D eigenvalue weighted by molar-refractivity contribution is 7.80. The lowest BCUT2D eigenvalue weighted by atomic mass is 10.0. The van der Waals surface area contributed by atoms with E-state index >= 15 is 0 Å². The molecule has 4 heteroatoms. The highest BCUT2D eigenvalue weighted by atomic mass is 32.1. The largest absolute Gasteiger partial charge is 0.393 e. The quantitative estimate of drug-likeness (QED) is 0.803. The highest BCUT2D eigenvalue weighted by Crippen LogP contribution is 2.49. The van der Waals surface area contributed by atoms with Crippen molar-refractivity contribution in [2.24, 2.45) is 11.1 Å². The first-order valence-corrected chi connectivity index (χ1v) is 6.61. The van der Waals surface area contributed by atoms with Crippen LogP contribution in [0.3, 0.4) is 0 Å². The molecule has 0 unspecified atom stereocenters. The van der Waals surface area contributed by atoms with Crippen LogP contribution in [0.2, 0.25) is 0 Å². The summed E-state index contributed by atoms with van der Waals surface area (Å²) in [5, 5.41) is 0. The van der Waals surface area contributed by atoms with Crippen LogP contribution in [0, 0.1) is 11.2 Å². The van der Waals surface area contributed by atoms with Gasteiger partial charge in [0.05, 0.1) is 4.99 Å². The minimum Gasteiger partial charge on any atom is -0.393 e. The Bertz CT molecular complexity index is 426. The van der Waals surface area contributed by atoms with Gasteiger partial charge < -0.3 is 10.6 Å². The maximum absolute atomic E-state index is 12.8. The topological polar surface area (TPSA) is 29.3 Å². The smallest absolute Gasteiger partial charge is 0.123 e. The lowest BCUT2D eigenvalue weighted by molar-refractivity contribution is 0.260. The summed E-state index contributed by atoms with van der Waals surface area (Å²) < 4.78 is 12.8. The summed E-state index contributed by atoms with van der Waals surface area (Å²) in [5.41, 5.74) is 7.07. The summed E-state index contributed by atoms with van der Waals surface area (Å²) in [6, 6.07) is 6.67. The van der Waals surface area contributed by atoms with Crippen LogP contribution in [0.4, 0.5) is 4.39 Å². The summed E-state index contributed by atoms with van der Waals surface area (Å²) >= 11 is 5.00. The van der Waals surface area contributed by atoms with Gasteiger partial charge in [0.1, 0.15) is 5.82 Å². The van der Waals surface area contributed by atoms with Crippen molar-refractivity contribution in [3.63, 3.8) is 0 Å². The van der Waals surface area contributed by atoms with Crippen LogP contribution in [0.1, 0.15) is 24.8 Å². The summed E-state index contributed by atoms with van der Waals surface area (Å²) in [4.78, 5) is 2.88. The molecule has 0 amide bonds. The normalized spacial score (nSPS) is 16.8. The molecule has 2 N–H and O–H groups in total. The van der Waals surface area contributed by atoms with Gasteiger partial charge in [0.25, 0.3) is 0 Å². The molecule has 2 rings (SSSR count). The third-order valence-corrected chi connectivity index (χ3v) is 3.62. The molecule has 1 saturated carbocycles. The Labute approximate surface area is 113 Å². The third kappa shape index (κ3) is 3.75. The summed E-state index contributed by atoms with van der Waals surface area (Å²) in [7, 11) is 2.09. The van der Waals surface area contributed by atoms with Crippen LogP contribution in [0.5, 0.6) is 0 Å². The number of nitrogens with zero attached hydrogens (tertiary/aromatic N) is 1. The average Bonchev–Trinajstić information content (AvgIpc) is 3.00. The molecule has 2 nitrogen and oxygen atoms in total. The second-order valence-electron chi connectivity index (χ2n) is 5.44. The molecule has 0 atom stereocenters. The minimum atomic E-state index is -0.187. The van der Waals surface area contributed by atoms with E-state index in [1.165, 1.54) is 25.0 Å². The van der Waals surface area contributed by atoms with Crippen LogP contribution in [0.25, 0.3) is 0 Å². The second-order valence-corrected chi connectivity index (χ2v) is 5.97. The molecule has 1 aromatic carbocycles. The molecule has 0 saturated heterocycles. The van der Waals surface area contributed by atoms with Crippen molar-refractivity contribution in [1.29, 1.82) is 0 Å². The lowest BCUT2D eigenvalue weighted by Crippen LogP contribution is -2.29. The SMILES string of the molecule is CN(Cc1ccc(F)cc1)CC1(CC(N)=S)CC1. The zero-order valence-corrected chi connectivity index (χ0v) is 11.5. The number of hydrogen-bond donors (Lipinski definition) is 1. The van der Waals surface area contributed by atoms with Crippen molar-refractivity contribution in [3.05, 3.63) is 35.6 Å². The van der Waals surface area contributed by atoms with Crippen molar-refractivity contribution in [3.8, 4) is 0 Å². The monoisotopic (exact) mass is 266 g/mol. The third-order valence-electron chi connectivity index (χ3n) is 3.48. The van der Waals surface area contributed by atoms with Crippen LogP contribution in [0.15, 0.2) is 24.3 Å². The Morgan fingerprint density at radius 3 is 2.50 bits per heavy atom. The van der Waals surface area contributed by atoms with Crippen LogP contribution in [-0.4, -0.2) is 23.5 Å². The van der Waals surface area contributed by atoms with Gasteiger partial charge in [-0.25, -0.2) is 4.39 Å². The van der Waals surface area contributed by atoms with Gasteiger partial charge >= 0.3 is 0 Å². The van der Waals surface area contributed by atoms with Crippen LogP contribution < -0.4 is 5.73 Å². The predicted molar refractivity (Wildman–Crippen MR) is 75.8 cm³/mol. The van der Waals surface area contributed by atoms with E-state index < -0.39 is 0 Å². The van der Waals surface area contributed by atoms with Gasteiger partial charge in [0.2, 0.25) is 0 Å². The minimum absolute atomic E-state index is 0.187. The molecule has 1 fully saturated rings. The number of nitrogens with two attached hydrogens (primary N) is 1. The molecule has 1 aliphatic carbocycles. The molecule has 0 aliphatic heterocycles. The van der Waals surface area contributed by atoms with Crippen molar-refractivity contribution in [2.45, 2.75) is 25.8 Å². The van der Waals surface area contributed by atoms with E-state index in [-0.39, 0.29) is 5.82 Å². The maximum Gasteiger partial charge on any atom is 0.123 e. The Morgan fingerprint density at radius 1 is 1.39 bits per heavy atom. The molecule has 98 valence electrons. The van der Waals surface area contributed by atoms with E-state index in [4.69, 9.17) is 18.0 Å². The van der Waals surface area contributed by atoms with Crippen molar-refractivity contribution in [2.75, 3.05) is 13.6 Å². The van der Waals surface area contributed by atoms with Gasteiger partial charge in [0.15, 0.2) is 0 Å². The number of halogens is 1. The van der Waals surface area contributed by atoms with Crippen LogP contribution >= 0.6 is 12.2 Å². The van der Waals surface area contributed by atoms with Gasteiger partial charge in [-0.3, -0.25) is 0 Å². The van der Waals surface area contributed by atoms with Crippen molar-refractivity contribution in [1.82, 2.24) is 4.90 Å². The molecule has 1 aromatic rings. The highest BCUT2D eigenvalue weighted by Gasteiger charge is 2.43. The fourth-order valence-electron chi connectivity index (χ4n) is 2.47. The first kappa shape index (κ1) is 13.4. The fourth-order valence-corrected chi connectivity index (χ4v) is 2.77. The molecular weight excluding hydrogens is 247 g/mol. The van der Waals surface area contributed by atoms with E-state index in [0.29, 0.717) is 10.4 Å². The van der Waals surface area contributed by atoms with Gasteiger partial charge in [0, 0.05) is 19.5 Å². The molecule has 0 bridgehead atoms. The molecule has 0 heterocycles. The fraction of sp³-hybridized carbons (Fsp3) is 0.500. The molecule has 0 spiro atoms. The van der Waals surface area contributed by atoms with E-state index in [0.717, 1.165) is 25.1 Å². The van der Waals surface area contributed by atoms with Crippen molar-refractivity contribution < 1.29 is 4.39 Å². The maximum atomic E-state index is 12.8. The zero-order chi connectivity index (χ0) is 13.2. The Hall–Kier alpha value is -1.00. The molecule has 0 radical (unpaired) electrons. The van der Waals surface area contributed by atoms with Gasteiger partial charge in [-0.05, 0) is 43.0 Å². The average molecular weight is 266 g/mol. The molecule has 18 heavy (non-hydrogen) atoms. The lowest BCUT2D eigenvalue weighted by Gasteiger charge is -2.23. The number of benzene rings is 1. The molecule has 0 aromatic heterocycles. The van der Waals surface area contributed by atoms with Crippen LogP contribution in [-0.2, 0) is 6.54 Å². The predicted octanol–water partition coefficient (Wildman–Crippen LogP) is 2.71. The standard InChI is InChI=1S/C14H19FN2S/c1-17(9-11-2-4-12(15)5-3-11)10-14(6-7-14)8-13(16)18/h2-5H,6-10H2,1H3,(H2,16,18). The van der Waals surface area contributed by atoms with E-state index in [1.807, 2.05) is 12.1 Å². The van der Waals surface area contributed by atoms with Crippen molar-refractivity contribution >= 4 is 17.2 Å². The van der Waals surface area contributed by atoms with E-state index in [9.17, 15) is 4.39 Å².